The molecule has 0 fully saturated rings. The highest BCUT2D eigenvalue weighted by atomic mass is 16.3. The summed E-state index contributed by atoms with van der Waals surface area (Å²) in [4.78, 5) is 0. The fraction of sp³-hybridized carbons (Fsp3) is 0. The van der Waals surface area contributed by atoms with Gasteiger partial charge in [0.05, 0.1) is 0 Å². The number of fused-ring (bicyclic) bond motifs is 7. The SMILES string of the molecule is c1ccc2c(-c3ccc(-c4c5ccccc5c(-c5ccc6oc7ccccc7c6c5)c5ccccc45)c4ccccc34)cccc2c1. The molecule has 10 rings (SSSR count). The first-order valence-corrected chi connectivity index (χ1v) is 16.2. The summed E-state index contributed by atoms with van der Waals surface area (Å²) in [5, 5.41) is 12.3. The summed E-state index contributed by atoms with van der Waals surface area (Å²) in [7, 11) is 0. The molecule has 1 aromatic heterocycles. The first-order valence-electron chi connectivity index (χ1n) is 16.2. The highest BCUT2D eigenvalue weighted by molar-refractivity contribution is 6.25. The predicted octanol–water partition coefficient (Wildman–Crippen LogP) is 13.2. The van der Waals surface area contributed by atoms with Crippen molar-refractivity contribution in [2.24, 2.45) is 0 Å². The van der Waals surface area contributed by atoms with E-state index in [1.54, 1.807) is 0 Å². The lowest BCUT2D eigenvalue weighted by molar-refractivity contribution is 0.669. The smallest absolute Gasteiger partial charge is 0.135 e. The second-order valence-corrected chi connectivity index (χ2v) is 12.4. The van der Waals surface area contributed by atoms with Crippen molar-refractivity contribution in [3.05, 3.63) is 170 Å². The molecule has 1 heterocycles. The first kappa shape index (κ1) is 26.1. The number of para-hydroxylation sites is 1. The summed E-state index contributed by atoms with van der Waals surface area (Å²) in [5.41, 5.74) is 9.32. The van der Waals surface area contributed by atoms with Crippen LogP contribution in [0.2, 0.25) is 0 Å². The Labute approximate surface area is 271 Å². The molecule has 0 bridgehead atoms. The quantitative estimate of drug-likeness (QED) is 0.185. The Bertz CT molecular complexity index is 2790. The highest BCUT2D eigenvalue weighted by Crippen LogP contribution is 2.47. The van der Waals surface area contributed by atoms with Crippen LogP contribution in [0.5, 0.6) is 0 Å². The van der Waals surface area contributed by atoms with Gasteiger partial charge in [-0.15, -0.1) is 0 Å². The Hall–Kier alpha value is -6.18. The monoisotopic (exact) mass is 596 g/mol. The molecule has 0 saturated heterocycles. The average molecular weight is 597 g/mol. The van der Waals surface area contributed by atoms with Gasteiger partial charge in [-0.25, -0.2) is 0 Å². The zero-order chi connectivity index (χ0) is 30.9. The van der Waals surface area contributed by atoms with Crippen molar-refractivity contribution >= 4 is 65.0 Å². The van der Waals surface area contributed by atoms with Crippen molar-refractivity contribution in [3.63, 3.8) is 0 Å². The van der Waals surface area contributed by atoms with E-state index in [1.165, 1.54) is 76.5 Å². The third kappa shape index (κ3) is 3.90. The van der Waals surface area contributed by atoms with Gasteiger partial charge in [-0.2, -0.15) is 0 Å². The summed E-state index contributed by atoms with van der Waals surface area (Å²) in [6.45, 7) is 0. The van der Waals surface area contributed by atoms with Crippen LogP contribution in [-0.2, 0) is 0 Å². The largest absolute Gasteiger partial charge is 0.456 e. The average Bonchev–Trinajstić information content (AvgIpc) is 3.51. The predicted molar refractivity (Wildman–Crippen MR) is 200 cm³/mol. The first-order chi connectivity index (χ1) is 23.3. The fourth-order valence-corrected chi connectivity index (χ4v) is 7.82. The minimum Gasteiger partial charge on any atom is -0.456 e. The molecule has 1 heteroatoms. The topological polar surface area (TPSA) is 13.1 Å². The molecule has 9 aromatic carbocycles. The van der Waals surface area contributed by atoms with Crippen LogP contribution in [0.25, 0.3) is 98.4 Å². The van der Waals surface area contributed by atoms with Gasteiger partial charge in [0.1, 0.15) is 11.2 Å². The minimum absolute atomic E-state index is 0.915. The van der Waals surface area contributed by atoms with Gasteiger partial charge in [-0.3, -0.25) is 0 Å². The third-order valence-electron chi connectivity index (χ3n) is 9.87. The van der Waals surface area contributed by atoms with Gasteiger partial charge in [0.15, 0.2) is 0 Å². The standard InChI is InChI=1S/C46H28O/c1-2-14-31-29(12-1)13-11-22-32(31)35-25-26-41(34-16-4-3-15-33(34)35)46-39-20-7-5-18-37(39)45(38-19-6-8-21-40(38)46)30-24-27-44-42(28-30)36-17-9-10-23-43(36)47-44/h1-28H. The molecule has 0 aliphatic heterocycles. The molecule has 47 heavy (non-hydrogen) atoms. The highest BCUT2D eigenvalue weighted by Gasteiger charge is 2.20. The van der Waals surface area contributed by atoms with Crippen molar-refractivity contribution in [1.29, 1.82) is 0 Å². The molecule has 218 valence electrons. The van der Waals surface area contributed by atoms with Crippen LogP contribution in [0.1, 0.15) is 0 Å². The molecule has 0 N–H and O–H groups in total. The van der Waals surface area contributed by atoms with E-state index >= 15 is 0 Å². The zero-order valence-corrected chi connectivity index (χ0v) is 25.6. The molecule has 0 amide bonds. The molecule has 0 atom stereocenters. The Balaban J connectivity index is 1.28. The number of furan rings is 1. The lowest BCUT2D eigenvalue weighted by Gasteiger charge is -2.20. The molecule has 1 nitrogen and oxygen atoms in total. The second kappa shape index (κ2) is 10.2. The lowest BCUT2D eigenvalue weighted by Crippen LogP contribution is -1.92. The van der Waals surface area contributed by atoms with Gasteiger partial charge in [0.2, 0.25) is 0 Å². The lowest BCUT2D eigenvalue weighted by atomic mass is 9.83. The van der Waals surface area contributed by atoms with E-state index in [2.05, 4.69) is 158 Å². The molecule has 0 saturated carbocycles. The Morgan fingerprint density at radius 3 is 1.49 bits per heavy atom. The normalized spacial score (nSPS) is 11.8. The van der Waals surface area contributed by atoms with Gasteiger partial charge in [0, 0.05) is 10.8 Å². The van der Waals surface area contributed by atoms with Gasteiger partial charge < -0.3 is 4.42 Å². The van der Waals surface area contributed by atoms with Crippen molar-refractivity contribution in [3.8, 4) is 33.4 Å². The molecular formula is C46H28O. The maximum absolute atomic E-state index is 6.20. The zero-order valence-electron chi connectivity index (χ0n) is 25.6. The van der Waals surface area contributed by atoms with Gasteiger partial charge in [-0.05, 0) is 94.7 Å². The van der Waals surface area contributed by atoms with Crippen LogP contribution in [-0.4, -0.2) is 0 Å². The van der Waals surface area contributed by atoms with Gasteiger partial charge in [-0.1, -0.05) is 152 Å². The molecule has 0 radical (unpaired) electrons. The molecule has 0 aliphatic rings. The van der Waals surface area contributed by atoms with E-state index in [4.69, 9.17) is 4.42 Å². The van der Waals surface area contributed by atoms with E-state index in [0.717, 1.165) is 21.9 Å². The van der Waals surface area contributed by atoms with Crippen LogP contribution in [0, 0.1) is 0 Å². The minimum atomic E-state index is 0.915. The van der Waals surface area contributed by atoms with E-state index in [-0.39, 0.29) is 0 Å². The van der Waals surface area contributed by atoms with Crippen molar-refractivity contribution in [2.45, 2.75) is 0 Å². The summed E-state index contributed by atoms with van der Waals surface area (Å²) in [6.07, 6.45) is 0. The van der Waals surface area contributed by atoms with Crippen LogP contribution in [0.3, 0.4) is 0 Å². The maximum atomic E-state index is 6.20. The summed E-state index contributed by atoms with van der Waals surface area (Å²) in [5.74, 6) is 0. The molecule has 0 spiro atoms. The number of rotatable bonds is 3. The van der Waals surface area contributed by atoms with Crippen LogP contribution >= 0.6 is 0 Å². The second-order valence-electron chi connectivity index (χ2n) is 12.4. The van der Waals surface area contributed by atoms with Crippen molar-refractivity contribution in [2.75, 3.05) is 0 Å². The van der Waals surface area contributed by atoms with E-state index < -0.39 is 0 Å². The van der Waals surface area contributed by atoms with E-state index in [1.807, 2.05) is 12.1 Å². The molecule has 0 aliphatic carbocycles. The Morgan fingerprint density at radius 2 is 0.766 bits per heavy atom. The maximum Gasteiger partial charge on any atom is 0.135 e. The van der Waals surface area contributed by atoms with Crippen LogP contribution in [0.4, 0.5) is 0 Å². The summed E-state index contributed by atoms with van der Waals surface area (Å²) in [6, 6.07) is 61.6. The number of hydrogen-bond acceptors (Lipinski definition) is 1. The Kier molecular flexibility index (Phi) is 5.64. The Morgan fingerprint density at radius 1 is 0.277 bits per heavy atom. The summed E-state index contributed by atoms with van der Waals surface area (Å²) < 4.78 is 6.20. The van der Waals surface area contributed by atoms with Crippen LogP contribution < -0.4 is 0 Å². The molecular weight excluding hydrogens is 569 g/mol. The van der Waals surface area contributed by atoms with Crippen molar-refractivity contribution in [1.82, 2.24) is 0 Å². The summed E-state index contributed by atoms with van der Waals surface area (Å²) >= 11 is 0. The molecule has 0 unspecified atom stereocenters. The molecule has 10 aromatic rings. The van der Waals surface area contributed by atoms with E-state index in [9.17, 15) is 0 Å². The number of benzene rings is 9. The van der Waals surface area contributed by atoms with Crippen molar-refractivity contribution < 1.29 is 4.42 Å². The third-order valence-corrected chi connectivity index (χ3v) is 9.87. The van der Waals surface area contributed by atoms with Gasteiger partial charge >= 0.3 is 0 Å². The van der Waals surface area contributed by atoms with Gasteiger partial charge in [0.25, 0.3) is 0 Å². The van der Waals surface area contributed by atoms with E-state index in [0.29, 0.717) is 0 Å². The van der Waals surface area contributed by atoms with Crippen LogP contribution in [0.15, 0.2) is 174 Å². The fourth-order valence-electron chi connectivity index (χ4n) is 7.82. The number of hydrogen-bond donors (Lipinski definition) is 0.